The molecule has 0 radical (unpaired) electrons. The second-order valence-electron chi connectivity index (χ2n) is 6.51. The fourth-order valence-corrected chi connectivity index (χ4v) is 3.62. The summed E-state index contributed by atoms with van der Waals surface area (Å²) >= 11 is 0. The quantitative estimate of drug-likeness (QED) is 0.671. The maximum absolute atomic E-state index is 9.44. The molecule has 1 unspecified atom stereocenters. The summed E-state index contributed by atoms with van der Waals surface area (Å²) in [6.45, 7) is 2.45. The third kappa shape index (κ3) is 4.43. The van der Waals surface area contributed by atoms with Gasteiger partial charge in [-0.3, -0.25) is 9.78 Å². The molecule has 27 heavy (non-hydrogen) atoms. The molecule has 2 aromatic heterocycles. The highest BCUT2D eigenvalue weighted by Crippen LogP contribution is 2.28. The van der Waals surface area contributed by atoms with Gasteiger partial charge in [0, 0.05) is 31.5 Å². The fraction of sp³-hybridized carbons (Fsp3) is 0.350. The van der Waals surface area contributed by atoms with E-state index in [-0.39, 0.29) is 13.1 Å². The van der Waals surface area contributed by atoms with Crippen molar-refractivity contribution in [1.82, 2.24) is 14.5 Å². The molecule has 3 aromatic rings. The van der Waals surface area contributed by atoms with Gasteiger partial charge >= 0.3 is 0 Å². The van der Waals surface area contributed by atoms with Crippen LogP contribution in [0.2, 0.25) is 0 Å². The van der Waals surface area contributed by atoms with Crippen molar-refractivity contribution in [2.45, 2.75) is 19.4 Å². The second kappa shape index (κ2) is 9.14. The van der Waals surface area contributed by atoms with Crippen LogP contribution >= 0.6 is 0 Å². The van der Waals surface area contributed by atoms with Gasteiger partial charge < -0.3 is 19.7 Å². The number of carboxylic acid groups (broad SMARTS) is 1. The van der Waals surface area contributed by atoms with E-state index < -0.39 is 0 Å². The van der Waals surface area contributed by atoms with E-state index in [1.54, 1.807) is 0 Å². The summed E-state index contributed by atoms with van der Waals surface area (Å²) < 4.78 is 2.14. The van der Waals surface area contributed by atoms with E-state index in [0.29, 0.717) is 12.5 Å². The number of pyridine rings is 1. The molecule has 0 amide bonds. The second-order valence-corrected chi connectivity index (χ2v) is 6.51. The van der Waals surface area contributed by atoms with E-state index in [9.17, 15) is 5.11 Å². The summed E-state index contributed by atoms with van der Waals surface area (Å²) in [6, 6.07) is 14.3. The summed E-state index contributed by atoms with van der Waals surface area (Å²) in [5.41, 5.74) is 3.25. The molecule has 142 valence electrons. The topological polar surface area (TPSA) is 91.5 Å². The molecule has 1 atom stereocenters. The first kappa shape index (κ1) is 18.8. The first-order chi connectivity index (χ1) is 13.3. The van der Waals surface area contributed by atoms with E-state index in [1.807, 2.05) is 30.5 Å². The van der Waals surface area contributed by atoms with Gasteiger partial charge in [0.15, 0.2) is 0 Å². The van der Waals surface area contributed by atoms with E-state index in [0.717, 1.165) is 48.6 Å². The molecule has 0 bridgehead atoms. The number of nitrogens with zero attached hydrogens (tertiary/aromatic N) is 4. The summed E-state index contributed by atoms with van der Waals surface area (Å²) in [5.74, 6) is 1.58. The normalized spacial score (nSPS) is 16.2. The number of para-hydroxylation sites is 2. The number of carbonyl (C=O) groups is 1. The van der Waals surface area contributed by atoms with Crippen molar-refractivity contribution in [1.29, 1.82) is 0 Å². The van der Waals surface area contributed by atoms with E-state index in [1.165, 1.54) is 0 Å². The molecule has 0 spiro atoms. The molecule has 1 aromatic carbocycles. The first-order valence-corrected chi connectivity index (χ1v) is 9.05. The van der Waals surface area contributed by atoms with Gasteiger partial charge in [-0.1, -0.05) is 18.2 Å². The number of aliphatic hydroxyl groups is 1. The molecule has 3 heterocycles. The molecule has 0 aliphatic carbocycles. The van der Waals surface area contributed by atoms with Crippen molar-refractivity contribution in [2.24, 2.45) is 5.92 Å². The number of anilines is 1. The zero-order valence-electron chi connectivity index (χ0n) is 15.1. The zero-order valence-corrected chi connectivity index (χ0v) is 15.1. The molecule has 1 aliphatic heterocycles. The predicted octanol–water partition coefficient (Wildman–Crippen LogP) is 2.19. The number of rotatable bonds is 5. The Labute approximate surface area is 157 Å². The third-order valence-corrected chi connectivity index (χ3v) is 4.75. The Balaban J connectivity index is 0.000000659. The Morgan fingerprint density at radius 2 is 1.96 bits per heavy atom. The van der Waals surface area contributed by atoms with Crippen molar-refractivity contribution in [2.75, 3.05) is 24.6 Å². The minimum atomic E-state index is -0.250. The van der Waals surface area contributed by atoms with E-state index in [2.05, 4.69) is 32.7 Å². The standard InChI is InChI=1S/C19H22N4O.CH2O2/c24-12-11-23-18-7-2-1-6-17(18)21-19(23)22-10-8-15(14-22)13-16-5-3-4-9-20-16;2-1-3/h1-7,9,15,24H,8,10-14H2;1H,(H,2,3). The lowest BCUT2D eigenvalue weighted by molar-refractivity contribution is -0.122. The van der Waals surface area contributed by atoms with Gasteiger partial charge in [-0.15, -0.1) is 0 Å². The Morgan fingerprint density at radius 3 is 2.70 bits per heavy atom. The smallest absolute Gasteiger partial charge is 0.290 e. The van der Waals surface area contributed by atoms with Crippen LogP contribution in [0.25, 0.3) is 11.0 Å². The van der Waals surface area contributed by atoms with Crippen LogP contribution in [0.15, 0.2) is 48.7 Å². The Morgan fingerprint density at radius 1 is 1.19 bits per heavy atom. The average Bonchev–Trinajstić information content (AvgIpc) is 3.29. The lowest BCUT2D eigenvalue weighted by Gasteiger charge is -2.19. The number of fused-ring (bicyclic) bond motifs is 1. The van der Waals surface area contributed by atoms with Gasteiger partial charge in [-0.05, 0) is 43.0 Å². The van der Waals surface area contributed by atoms with Crippen molar-refractivity contribution in [3.63, 3.8) is 0 Å². The third-order valence-electron chi connectivity index (χ3n) is 4.75. The molecule has 7 nitrogen and oxygen atoms in total. The molecule has 1 fully saturated rings. The molecule has 7 heteroatoms. The highest BCUT2D eigenvalue weighted by atomic mass is 16.3. The maximum atomic E-state index is 9.44. The van der Waals surface area contributed by atoms with Crippen molar-refractivity contribution in [3.05, 3.63) is 54.4 Å². The molecular weight excluding hydrogens is 344 g/mol. The van der Waals surface area contributed by atoms with Gasteiger partial charge in [0.2, 0.25) is 5.95 Å². The lowest BCUT2D eigenvalue weighted by atomic mass is 10.0. The van der Waals surface area contributed by atoms with Crippen molar-refractivity contribution >= 4 is 23.5 Å². The van der Waals surface area contributed by atoms with Gasteiger partial charge in [0.1, 0.15) is 0 Å². The Hall–Kier alpha value is -2.93. The highest BCUT2D eigenvalue weighted by molar-refractivity contribution is 5.78. The molecule has 1 saturated heterocycles. The van der Waals surface area contributed by atoms with Crippen LogP contribution in [0.4, 0.5) is 5.95 Å². The minimum Gasteiger partial charge on any atom is -0.483 e. The maximum Gasteiger partial charge on any atom is 0.290 e. The summed E-state index contributed by atoms with van der Waals surface area (Å²) in [7, 11) is 0. The zero-order chi connectivity index (χ0) is 19.1. The van der Waals surface area contributed by atoms with Crippen LogP contribution in [-0.2, 0) is 17.8 Å². The van der Waals surface area contributed by atoms with Crippen LogP contribution in [0.5, 0.6) is 0 Å². The lowest BCUT2D eigenvalue weighted by Crippen LogP contribution is -2.24. The largest absolute Gasteiger partial charge is 0.483 e. The van der Waals surface area contributed by atoms with E-state index in [4.69, 9.17) is 14.9 Å². The van der Waals surface area contributed by atoms with Gasteiger partial charge in [-0.25, -0.2) is 4.98 Å². The number of aliphatic hydroxyl groups excluding tert-OH is 1. The molecule has 1 aliphatic rings. The first-order valence-electron chi connectivity index (χ1n) is 9.05. The van der Waals surface area contributed by atoms with Gasteiger partial charge in [-0.2, -0.15) is 0 Å². The number of hydrogen-bond donors (Lipinski definition) is 2. The molecule has 0 saturated carbocycles. The molecular formula is C20H24N4O3. The highest BCUT2D eigenvalue weighted by Gasteiger charge is 2.27. The Bertz CT molecular complexity index is 866. The number of imidazole rings is 1. The van der Waals surface area contributed by atoms with Gasteiger partial charge in [0.05, 0.1) is 17.6 Å². The van der Waals surface area contributed by atoms with E-state index >= 15 is 0 Å². The number of aromatic nitrogens is 3. The Kier molecular flexibility index (Phi) is 6.38. The predicted molar refractivity (Wildman–Crippen MR) is 104 cm³/mol. The summed E-state index contributed by atoms with van der Waals surface area (Å²) in [6.07, 6.45) is 4.03. The minimum absolute atomic E-state index is 0.124. The summed E-state index contributed by atoms with van der Waals surface area (Å²) in [5, 5.41) is 16.3. The van der Waals surface area contributed by atoms with Crippen LogP contribution in [0.3, 0.4) is 0 Å². The number of benzene rings is 1. The van der Waals surface area contributed by atoms with Crippen molar-refractivity contribution in [3.8, 4) is 0 Å². The van der Waals surface area contributed by atoms with Gasteiger partial charge in [0.25, 0.3) is 6.47 Å². The molecule has 2 N–H and O–H groups in total. The van der Waals surface area contributed by atoms with Crippen LogP contribution in [-0.4, -0.2) is 50.9 Å². The van der Waals surface area contributed by atoms with Crippen LogP contribution in [0, 0.1) is 5.92 Å². The summed E-state index contributed by atoms with van der Waals surface area (Å²) in [4.78, 5) is 20.0. The monoisotopic (exact) mass is 368 g/mol. The van der Waals surface area contributed by atoms with Crippen LogP contribution < -0.4 is 4.90 Å². The molecule has 4 rings (SSSR count). The SMILES string of the molecule is O=CO.OCCn1c(N2CCC(Cc3ccccn3)C2)nc2ccccc21. The average molecular weight is 368 g/mol. The number of hydrogen-bond acceptors (Lipinski definition) is 5. The van der Waals surface area contributed by atoms with Crippen LogP contribution in [0.1, 0.15) is 12.1 Å². The van der Waals surface area contributed by atoms with Crippen molar-refractivity contribution < 1.29 is 15.0 Å². The fourth-order valence-electron chi connectivity index (χ4n) is 3.62.